The van der Waals surface area contributed by atoms with Gasteiger partial charge in [-0.05, 0) is 23.6 Å². The van der Waals surface area contributed by atoms with E-state index in [1.165, 1.54) is 23.5 Å². The Morgan fingerprint density at radius 1 is 1.25 bits per heavy atom. The first-order valence-electron chi connectivity index (χ1n) is 5.62. The van der Waals surface area contributed by atoms with E-state index in [0.29, 0.717) is 5.82 Å². The van der Waals surface area contributed by atoms with Crippen LogP contribution in [0.1, 0.15) is 0 Å². The van der Waals surface area contributed by atoms with Crippen molar-refractivity contribution in [2.45, 2.75) is 0 Å². The van der Waals surface area contributed by atoms with Crippen LogP contribution in [0.3, 0.4) is 0 Å². The van der Waals surface area contributed by atoms with Crippen molar-refractivity contribution >= 4 is 50.6 Å². The van der Waals surface area contributed by atoms with E-state index in [1.807, 2.05) is 11.4 Å². The fourth-order valence-electron chi connectivity index (χ4n) is 1.75. The summed E-state index contributed by atoms with van der Waals surface area (Å²) < 4.78 is 13.8. The molecule has 2 aromatic heterocycles. The number of aromatic nitrogens is 2. The van der Waals surface area contributed by atoms with Gasteiger partial charge in [0.25, 0.3) is 0 Å². The van der Waals surface area contributed by atoms with E-state index in [4.69, 9.17) is 17.4 Å². The molecule has 3 aromatic rings. The molecule has 0 unspecified atom stereocenters. The highest BCUT2D eigenvalue weighted by atomic mass is 35.5. The molecule has 0 spiro atoms. The molecule has 8 heteroatoms. The highest BCUT2D eigenvalue weighted by molar-refractivity contribution is 7.16. The molecule has 0 aliphatic heterocycles. The van der Waals surface area contributed by atoms with Crippen LogP contribution in [0.5, 0.6) is 0 Å². The van der Waals surface area contributed by atoms with Crippen molar-refractivity contribution in [2.75, 3.05) is 10.7 Å². The molecule has 0 aliphatic rings. The van der Waals surface area contributed by atoms with Crippen LogP contribution >= 0.6 is 22.9 Å². The second-order valence-corrected chi connectivity index (χ2v) is 5.20. The fourth-order valence-corrected chi connectivity index (χ4v) is 2.73. The highest BCUT2D eigenvalue weighted by Gasteiger charge is 2.12. The molecule has 0 atom stereocenters. The highest BCUT2D eigenvalue weighted by Crippen LogP contribution is 2.32. The van der Waals surface area contributed by atoms with E-state index in [1.54, 1.807) is 6.07 Å². The lowest BCUT2D eigenvalue weighted by Gasteiger charge is -2.10. The number of nitrogens with zero attached hydrogens (tertiary/aromatic N) is 2. The van der Waals surface area contributed by atoms with Gasteiger partial charge in [-0.1, -0.05) is 17.7 Å². The molecule has 5 nitrogen and oxygen atoms in total. The largest absolute Gasteiger partial charge is 0.336 e. The number of anilines is 3. The number of fused-ring (bicyclic) bond motifs is 1. The number of thiophene rings is 1. The quantitative estimate of drug-likeness (QED) is 0.510. The van der Waals surface area contributed by atoms with Crippen molar-refractivity contribution < 1.29 is 4.39 Å². The first kappa shape index (κ1) is 13.0. The van der Waals surface area contributed by atoms with Crippen molar-refractivity contribution in [3.05, 3.63) is 40.5 Å². The SMILES string of the molecule is NNc1nc(Nc2c(F)cccc2Cl)c2ccsc2n1. The van der Waals surface area contributed by atoms with Crippen molar-refractivity contribution in [3.63, 3.8) is 0 Å². The van der Waals surface area contributed by atoms with Crippen LogP contribution in [-0.4, -0.2) is 9.97 Å². The Bertz CT molecular complexity index is 755. The smallest absolute Gasteiger partial charge is 0.240 e. The van der Waals surface area contributed by atoms with Crippen molar-refractivity contribution in [3.8, 4) is 0 Å². The summed E-state index contributed by atoms with van der Waals surface area (Å²) in [4.78, 5) is 9.14. The maximum Gasteiger partial charge on any atom is 0.240 e. The summed E-state index contributed by atoms with van der Waals surface area (Å²) in [6.45, 7) is 0. The number of para-hydroxylation sites is 1. The summed E-state index contributed by atoms with van der Waals surface area (Å²) in [5.74, 6) is 5.56. The molecule has 0 fully saturated rings. The van der Waals surface area contributed by atoms with Crippen LogP contribution in [0.4, 0.5) is 21.8 Å². The minimum absolute atomic E-state index is 0.170. The number of nitrogens with two attached hydrogens (primary N) is 1. The Labute approximate surface area is 122 Å². The average molecular weight is 310 g/mol. The van der Waals surface area contributed by atoms with Gasteiger partial charge in [0.05, 0.1) is 16.1 Å². The van der Waals surface area contributed by atoms with Crippen molar-refractivity contribution in [1.29, 1.82) is 0 Å². The van der Waals surface area contributed by atoms with Crippen LogP contribution in [0.2, 0.25) is 5.02 Å². The fraction of sp³-hybridized carbons (Fsp3) is 0. The van der Waals surface area contributed by atoms with Crippen LogP contribution < -0.4 is 16.6 Å². The number of rotatable bonds is 3. The molecule has 4 N–H and O–H groups in total. The average Bonchev–Trinajstić information content (AvgIpc) is 2.91. The zero-order chi connectivity index (χ0) is 14.1. The molecule has 0 amide bonds. The van der Waals surface area contributed by atoms with E-state index in [-0.39, 0.29) is 16.7 Å². The molecule has 0 radical (unpaired) electrons. The topological polar surface area (TPSA) is 75.9 Å². The van der Waals surface area contributed by atoms with Crippen molar-refractivity contribution in [2.24, 2.45) is 5.84 Å². The van der Waals surface area contributed by atoms with Gasteiger partial charge in [-0.2, -0.15) is 4.98 Å². The predicted octanol–water partition coefficient (Wildman–Crippen LogP) is 3.51. The third-order valence-corrected chi connectivity index (χ3v) is 3.78. The summed E-state index contributed by atoms with van der Waals surface area (Å²) >= 11 is 7.43. The minimum atomic E-state index is -0.457. The van der Waals surface area contributed by atoms with Gasteiger partial charge in [-0.3, -0.25) is 5.43 Å². The second-order valence-electron chi connectivity index (χ2n) is 3.90. The summed E-state index contributed by atoms with van der Waals surface area (Å²) in [5, 5.41) is 5.81. The molecular formula is C12H9ClFN5S. The molecule has 20 heavy (non-hydrogen) atoms. The Morgan fingerprint density at radius 3 is 2.85 bits per heavy atom. The minimum Gasteiger partial charge on any atom is -0.336 e. The summed E-state index contributed by atoms with van der Waals surface area (Å²) in [7, 11) is 0. The van der Waals surface area contributed by atoms with E-state index in [0.717, 1.165) is 10.2 Å². The first-order chi connectivity index (χ1) is 9.69. The lowest BCUT2D eigenvalue weighted by Crippen LogP contribution is -2.11. The second kappa shape index (κ2) is 5.20. The van der Waals surface area contributed by atoms with Gasteiger partial charge in [0.2, 0.25) is 5.95 Å². The van der Waals surface area contributed by atoms with Gasteiger partial charge in [0.15, 0.2) is 0 Å². The molecule has 102 valence electrons. The van der Waals surface area contributed by atoms with Gasteiger partial charge < -0.3 is 5.32 Å². The number of nitrogen functional groups attached to an aromatic ring is 1. The summed E-state index contributed by atoms with van der Waals surface area (Å²) in [6.07, 6.45) is 0. The molecule has 3 rings (SSSR count). The maximum atomic E-state index is 13.8. The zero-order valence-electron chi connectivity index (χ0n) is 10.0. The van der Waals surface area contributed by atoms with E-state index >= 15 is 0 Å². The van der Waals surface area contributed by atoms with Crippen LogP contribution in [0, 0.1) is 5.82 Å². The molecule has 1 aromatic carbocycles. The third kappa shape index (κ3) is 2.26. The van der Waals surface area contributed by atoms with Crippen LogP contribution in [-0.2, 0) is 0 Å². The standard InChI is InChI=1S/C12H9ClFN5S/c13-7-2-1-3-8(14)9(7)16-10-6-4-5-20-11(6)18-12(17-10)19-15/h1-5H,15H2,(H2,16,17,18,19). The molecule has 0 saturated heterocycles. The van der Waals surface area contributed by atoms with Gasteiger partial charge in [0.1, 0.15) is 16.5 Å². The van der Waals surface area contributed by atoms with Gasteiger partial charge in [-0.25, -0.2) is 15.2 Å². The lowest BCUT2D eigenvalue weighted by molar-refractivity contribution is 0.632. The predicted molar refractivity (Wildman–Crippen MR) is 79.9 cm³/mol. The van der Waals surface area contributed by atoms with E-state index in [9.17, 15) is 4.39 Å². The lowest BCUT2D eigenvalue weighted by atomic mass is 10.3. The normalized spacial score (nSPS) is 10.8. The van der Waals surface area contributed by atoms with Crippen LogP contribution in [0.15, 0.2) is 29.6 Å². The zero-order valence-corrected chi connectivity index (χ0v) is 11.6. The monoisotopic (exact) mass is 309 g/mol. The number of halogens is 2. The summed E-state index contributed by atoms with van der Waals surface area (Å²) in [6, 6.07) is 6.30. The number of benzene rings is 1. The Kier molecular flexibility index (Phi) is 3.39. The van der Waals surface area contributed by atoms with Crippen LogP contribution in [0.25, 0.3) is 10.2 Å². The van der Waals surface area contributed by atoms with Gasteiger partial charge >= 0.3 is 0 Å². The number of hydrogen-bond donors (Lipinski definition) is 3. The maximum absolute atomic E-state index is 13.8. The third-order valence-electron chi connectivity index (χ3n) is 2.66. The number of hydrazine groups is 1. The Hall–Kier alpha value is -1.96. The molecule has 0 aliphatic carbocycles. The summed E-state index contributed by atoms with van der Waals surface area (Å²) in [5.41, 5.74) is 2.55. The van der Waals surface area contributed by atoms with Gasteiger partial charge in [0, 0.05) is 0 Å². The molecule has 0 bridgehead atoms. The Balaban J connectivity index is 2.12. The first-order valence-corrected chi connectivity index (χ1v) is 6.87. The van der Waals surface area contributed by atoms with Gasteiger partial charge in [-0.15, -0.1) is 11.3 Å². The Morgan fingerprint density at radius 2 is 2.10 bits per heavy atom. The van der Waals surface area contributed by atoms with E-state index < -0.39 is 5.82 Å². The molecule has 2 heterocycles. The molecule has 0 saturated carbocycles. The number of hydrogen-bond acceptors (Lipinski definition) is 6. The van der Waals surface area contributed by atoms with E-state index in [2.05, 4.69) is 20.7 Å². The molecular weight excluding hydrogens is 301 g/mol. The number of nitrogens with one attached hydrogen (secondary N) is 2. The van der Waals surface area contributed by atoms with Crippen molar-refractivity contribution in [1.82, 2.24) is 9.97 Å².